The predicted octanol–water partition coefficient (Wildman–Crippen LogP) is 2.36. The van der Waals surface area contributed by atoms with E-state index < -0.39 is 0 Å². The normalized spacial score (nSPS) is 20.5. The molecule has 7 heteroatoms. The molecule has 2 aliphatic rings. The lowest BCUT2D eigenvalue weighted by atomic mass is 9.89. The lowest BCUT2D eigenvalue weighted by Crippen LogP contribution is -2.52. The summed E-state index contributed by atoms with van der Waals surface area (Å²) in [7, 11) is 0. The number of hydrogen-bond donors (Lipinski definition) is 1. The molecule has 146 valence electrons. The Kier molecular flexibility index (Phi) is 7.73. The summed E-state index contributed by atoms with van der Waals surface area (Å²) in [5.74, 6) is 0.809. The van der Waals surface area contributed by atoms with Crippen LogP contribution in [0.3, 0.4) is 0 Å². The quantitative estimate of drug-likeness (QED) is 0.844. The van der Waals surface area contributed by atoms with Gasteiger partial charge in [0.05, 0.1) is 6.54 Å². The van der Waals surface area contributed by atoms with Crippen LogP contribution in [0.4, 0.5) is 4.79 Å². The van der Waals surface area contributed by atoms with Gasteiger partial charge in [0.25, 0.3) is 0 Å². The maximum atomic E-state index is 12.4. The highest BCUT2D eigenvalue weighted by Crippen LogP contribution is 2.24. The molecule has 0 unspecified atom stereocenters. The minimum absolute atomic E-state index is 0.117. The van der Waals surface area contributed by atoms with Gasteiger partial charge in [-0.1, -0.05) is 44.9 Å². The Morgan fingerprint density at radius 2 is 1.73 bits per heavy atom. The Labute approximate surface area is 157 Å². The molecule has 26 heavy (non-hydrogen) atoms. The minimum atomic E-state index is 0.117. The minimum Gasteiger partial charge on any atom is -0.338 e. The number of rotatable bonds is 6. The second-order valence-electron chi connectivity index (χ2n) is 7.72. The van der Waals surface area contributed by atoms with Crippen LogP contribution in [0.5, 0.6) is 0 Å². The number of hydrogen-bond acceptors (Lipinski definition) is 4. The van der Waals surface area contributed by atoms with Gasteiger partial charge in [0.1, 0.15) is 12.7 Å². The van der Waals surface area contributed by atoms with Gasteiger partial charge in [-0.3, -0.25) is 9.58 Å². The second kappa shape index (κ2) is 10.5. The molecule has 1 aliphatic heterocycles. The van der Waals surface area contributed by atoms with Crippen molar-refractivity contribution in [1.29, 1.82) is 0 Å². The van der Waals surface area contributed by atoms with Crippen molar-refractivity contribution >= 4 is 6.03 Å². The first-order valence-electron chi connectivity index (χ1n) is 10.4. The molecular weight excluding hydrogens is 328 g/mol. The third-order valence-electron chi connectivity index (χ3n) is 5.82. The highest BCUT2D eigenvalue weighted by atomic mass is 16.2. The Morgan fingerprint density at radius 3 is 2.42 bits per heavy atom. The summed E-state index contributed by atoms with van der Waals surface area (Å²) >= 11 is 0. The third-order valence-corrected chi connectivity index (χ3v) is 5.82. The molecule has 7 nitrogen and oxygen atoms in total. The van der Waals surface area contributed by atoms with Crippen LogP contribution in [0.2, 0.25) is 0 Å². The number of nitrogens with zero attached hydrogens (tertiary/aromatic N) is 5. The maximum Gasteiger partial charge on any atom is 0.317 e. The van der Waals surface area contributed by atoms with E-state index in [1.807, 2.05) is 9.58 Å². The summed E-state index contributed by atoms with van der Waals surface area (Å²) in [5.41, 5.74) is 0. The average molecular weight is 363 g/mol. The molecular formula is C19H34N6O. The van der Waals surface area contributed by atoms with Gasteiger partial charge in [-0.25, -0.2) is 9.78 Å². The van der Waals surface area contributed by atoms with Crippen molar-refractivity contribution < 1.29 is 4.79 Å². The fourth-order valence-corrected chi connectivity index (χ4v) is 4.09. The van der Waals surface area contributed by atoms with Crippen molar-refractivity contribution in [3.63, 3.8) is 0 Å². The Bertz CT molecular complexity index is 504. The van der Waals surface area contributed by atoms with Crippen LogP contribution >= 0.6 is 0 Å². The fourth-order valence-electron chi connectivity index (χ4n) is 4.09. The number of aromatic nitrogens is 3. The predicted molar refractivity (Wildman–Crippen MR) is 102 cm³/mol. The molecule has 1 aromatic heterocycles. The molecule has 2 fully saturated rings. The van der Waals surface area contributed by atoms with E-state index in [2.05, 4.69) is 20.3 Å². The molecule has 1 aromatic rings. The van der Waals surface area contributed by atoms with E-state index in [0.717, 1.165) is 58.2 Å². The van der Waals surface area contributed by atoms with Crippen LogP contribution in [0.1, 0.15) is 51.4 Å². The molecule has 0 atom stereocenters. The number of amides is 2. The van der Waals surface area contributed by atoms with Crippen molar-refractivity contribution in [2.45, 2.75) is 57.9 Å². The first kappa shape index (κ1) is 19.1. The lowest BCUT2D eigenvalue weighted by Gasteiger charge is -2.34. The Morgan fingerprint density at radius 1 is 1.00 bits per heavy atom. The zero-order valence-corrected chi connectivity index (χ0v) is 16.0. The highest BCUT2D eigenvalue weighted by Gasteiger charge is 2.21. The number of urea groups is 1. The van der Waals surface area contributed by atoms with E-state index in [-0.39, 0.29) is 6.03 Å². The zero-order valence-electron chi connectivity index (χ0n) is 16.0. The third kappa shape index (κ3) is 6.27. The van der Waals surface area contributed by atoms with E-state index >= 15 is 0 Å². The van der Waals surface area contributed by atoms with Crippen LogP contribution in [0.25, 0.3) is 0 Å². The van der Waals surface area contributed by atoms with Crippen LogP contribution in [-0.2, 0) is 6.54 Å². The van der Waals surface area contributed by atoms with E-state index in [0.29, 0.717) is 0 Å². The zero-order chi connectivity index (χ0) is 18.0. The molecule has 1 N–H and O–H groups in total. The summed E-state index contributed by atoms with van der Waals surface area (Å²) < 4.78 is 1.86. The topological polar surface area (TPSA) is 66.3 Å². The van der Waals surface area contributed by atoms with Gasteiger partial charge < -0.3 is 10.2 Å². The van der Waals surface area contributed by atoms with Gasteiger partial charge in [-0.15, -0.1) is 0 Å². The van der Waals surface area contributed by atoms with Crippen molar-refractivity contribution in [3.8, 4) is 0 Å². The van der Waals surface area contributed by atoms with Crippen molar-refractivity contribution in [2.75, 3.05) is 39.3 Å². The Balaban J connectivity index is 1.28. The molecule has 2 heterocycles. The van der Waals surface area contributed by atoms with E-state index in [1.54, 1.807) is 12.7 Å². The SMILES string of the molecule is O=C(NCCC1CCCCCCC1)N1CCN(CCn2cncn2)CC1. The van der Waals surface area contributed by atoms with E-state index in [4.69, 9.17) is 0 Å². The number of piperazine rings is 1. The summed E-state index contributed by atoms with van der Waals surface area (Å²) in [5, 5.41) is 7.28. The molecule has 2 amide bonds. The van der Waals surface area contributed by atoms with Crippen LogP contribution in [0.15, 0.2) is 12.7 Å². The van der Waals surface area contributed by atoms with Crippen molar-refractivity contribution in [3.05, 3.63) is 12.7 Å². The highest BCUT2D eigenvalue weighted by molar-refractivity contribution is 5.74. The molecule has 0 radical (unpaired) electrons. The Hall–Kier alpha value is -1.63. The molecule has 1 saturated heterocycles. The van der Waals surface area contributed by atoms with Gasteiger partial charge in [-0.05, 0) is 12.3 Å². The molecule has 0 aromatic carbocycles. The smallest absolute Gasteiger partial charge is 0.317 e. The van der Waals surface area contributed by atoms with Crippen molar-refractivity contribution in [1.82, 2.24) is 29.9 Å². The first-order chi connectivity index (χ1) is 12.8. The van der Waals surface area contributed by atoms with Gasteiger partial charge >= 0.3 is 6.03 Å². The number of carbonyl (C=O) groups is 1. The first-order valence-corrected chi connectivity index (χ1v) is 10.4. The fraction of sp³-hybridized carbons (Fsp3) is 0.842. The van der Waals surface area contributed by atoms with E-state index in [9.17, 15) is 4.79 Å². The second-order valence-corrected chi connectivity index (χ2v) is 7.72. The summed E-state index contributed by atoms with van der Waals surface area (Å²) in [6.07, 6.45) is 14.1. The van der Waals surface area contributed by atoms with Crippen LogP contribution in [0, 0.1) is 5.92 Å². The largest absolute Gasteiger partial charge is 0.338 e. The molecule has 1 aliphatic carbocycles. The average Bonchev–Trinajstić information content (AvgIpc) is 3.15. The van der Waals surface area contributed by atoms with Crippen molar-refractivity contribution in [2.24, 2.45) is 5.92 Å². The summed E-state index contributed by atoms with van der Waals surface area (Å²) in [6, 6.07) is 0.117. The lowest BCUT2D eigenvalue weighted by molar-refractivity contribution is 0.135. The van der Waals surface area contributed by atoms with Gasteiger partial charge in [0.2, 0.25) is 0 Å². The summed E-state index contributed by atoms with van der Waals surface area (Å²) in [4.78, 5) is 20.7. The van der Waals surface area contributed by atoms with Crippen LogP contribution < -0.4 is 5.32 Å². The summed E-state index contributed by atoms with van der Waals surface area (Å²) in [6.45, 7) is 6.14. The van der Waals surface area contributed by atoms with Gasteiger partial charge in [0.15, 0.2) is 0 Å². The number of carbonyl (C=O) groups excluding carboxylic acids is 1. The van der Waals surface area contributed by atoms with E-state index in [1.165, 1.54) is 44.9 Å². The monoisotopic (exact) mass is 362 g/mol. The van der Waals surface area contributed by atoms with Gasteiger partial charge in [0, 0.05) is 39.3 Å². The standard InChI is InChI=1S/C19H34N6O/c26-19(21-9-8-18-6-4-2-1-3-5-7-18)24-13-10-23(11-14-24)12-15-25-17-20-16-22-25/h16-18H,1-15H2,(H,21,26). The number of nitrogens with one attached hydrogen (secondary N) is 1. The van der Waals surface area contributed by atoms with Gasteiger partial charge in [-0.2, -0.15) is 5.10 Å². The molecule has 3 rings (SSSR count). The molecule has 1 saturated carbocycles. The molecule has 0 spiro atoms. The molecule has 0 bridgehead atoms. The van der Waals surface area contributed by atoms with Crippen LogP contribution in [-0.4, -0.2) is 69.9 Å². The maximum absolute atomic E-state index is 12.4.